The van der Waals surface area contributed by atoms with Crippen LogP contribution in [0.5, 0.6) is 5.75 Å². The van der Waals surface area contributed by atoms with Crippen molar-refractivity contribution in [2.24, 2.45) is 0 Å². The number of benzene rings is 2. The summed E-state index contributed by atoms with van der Waals surface area (Å²) < 4.78 is 2.00. The maximum absolute atomic E-state index is 12.3. The molecule has 0 aliphatic heterocycles. The number of hydrogen-bond donors (Lipinski definition) is 2. The molecule has 0 bridgehead atoms. The van der Waals surface area contributed by atoms with Gasteiger partial charge in [-0.25, -0.2) is 4.98 Å². The number of aryl methyl sites for hydroxylation is 1. The van der Waals surface area contributed by atoms with Gasteiger partial charge in [0.1, 0.15) is 5.75 Å². The molecule has 0 saturated heterocycles. The molecular weight excluding hydrogens is 302 g/mol. The molecular formula is C19H19N3O2. The van der Waals surface area contributed by atoms with E-state index in [1.165, 1.54) is 0 Å². The summed E-state index contributed by atoms with van der Waals surface area (Å²) in [6.07, 6.45) is 3.83. The number of aromatic nitrogens is 2. The zero-order chi connectivity index (χ0) is 16.5. The Morgan fingerprint density at radius 1 is 1.25 bits per heavy atom. The molecule has 0 radical (unpaired) electrons. The largest absolute Gasteiger partial charge is 0.508 e. The number of imidazole rings is 1. The highest BCUT2D eigenvalue weighted by Gasteiger charge is 2.25. The molecule has 1 aromatic heterocycles. The summed E-state index contributed by atoms with van der Waals surface area (Å²) >= 11 is 0. The van der Waals surface area contributed by atoms with E-state index < -0.39 is 0 Å². The van der Waals surface area contributed by atoms with Gasteiger partial charge in [0.05, 0.1) is 23.4 Å². The Labute approximate surface area is 139 Å². The number of phenols is 1. The van der Waals surface area contributed by atoms with Crippen molar-refractivity contribution in [3.05, 3.63) is 59.9 Å². The monoisotopic (exact) mass is 321 g/mol. The van der Waals surface area contributed by atoms with E-state index in [-0.39, 0.29) is 11.9 Å². The van der Waals surface area contributed by atoms with E-state index in [9.17, 15) is 9.90 Å². The lowest BCUT2D eigenvalue weighted by Gasteiger charge is -2.14. The lowest BCUT2D eigenvalue weighted by Crippen LogP contribution is -2.27. The fourth-order valence-corrected chi connectivity index (χ4v) is 3.46. The van der Waals surface area contributed by atoms with Crippen LogP contribution in [0.25, 0.3) is 11.0 Å². The van der Waals surface area contributed by atoms with Crippen molar-refractivity contribution < 1.29 is 9.90 Å². The maximum Gasteiger partial charge on any atom is 0.222 e. The molecule has 0 fully saturated rings. The molecule has 122 valence electrons. The number of hydrogen-bond acceptors (Lipinski definition) is 3. The quantitative estimate of drug-likeness (QED) is 0.776. The molecule has 1 unspecified atom stereocenters. The predicted molar refractivity (Wildman–Crippen MR) is 91.7 cm³/mol. The van der Waals surface area contributed by atoms with Gasteiger partial charge in [0.2, 0.25) is 5.91 Å². The van der Waals surface area contributed by atoms with Gasteiger partial charge in [-0.3, -0.25) is 4.79 Å². The van der Waals surface area contributed by atoms with Gasteiger partial charge in [0.25, 0.3) is 0 Å². The standard InChI is InChI=1S/C19H19N3O2/c23-18-7-3-4-13-14(18)8-9-15(13)21-19(24)10-11-22-12-20-16-5-1-2-6-17(16)22/h1-7,12,15,23H,8-11H2,(H,21,24). The smallest absolute Gasteiger partial charge is 0.222 e. The van der Waals surface area contributed by atoms with Crippen molar-refractivity contribution in [2.45, 2.75) is 31.8 Å². The third-order valence-electron chi connectivity index (χ3n) is 4.69. The Balaban J connectivity index is 1.41. The van der Waals surface area contributed by atoms with Gasteiger partial charge in [0.15, 0.2) is 0 Å². The number of aromatic hydroxyl groups is 1. The van der Waals surface area contributed by atoms with E-state index in [0.717, 1.165) is 35.0 Å². The van der Waals surface area contributed by atoms with Crippen molar-refractivity contribution >= 4 is 16.9 Å². The fourth-order valence-electron chi connectivity index (χ4n) is 3.46. The number of para-hydroxylation sites is 2. The van der Waals surface area contributed by atoms with Gasteiger partial charge in [0, 0.05) is 13.0 Å². The van der Waals surface area contributed by atoms with Crippen LogP contribution in [-0.2, 0) is 17.8 Å². The van der Waals surface area contributed by atoms with E-state index in [1.807, 2.05) is 41.0 Å². The first-order valence-electron chi connectivity index (χ1n) is 8.22. The van der Waals surface area contributed by atoms with E-state index in [1.54, 1.807) is 12.4 Å². The third kappa shape index (κ3) is 2.62. The second-order valence-corrected chi connectivity index (χ2v) is 6.18. The lowest BCUT2D eigenvalue weighted by molar-refractivity contribution is -0.122. The molecule has 4 rings (SSSR count). The Hall–Kier alpha value is -2.82. The van der Waals surface area contributed by atoms with Crippen molar-refractivity contribution in [3.8, 4) is 5.75 Å². The highest BCUT2D eigenvalue weighted by atomic mass is 16.3. The second-order valence-electron chi connectivity index (χ2n) is 6.18. The average Bonchev–Trinajstić information content (AvgIpc) is 3.18. The third-order valence-corrected chi connectivity index (χ3v) is 4.69. The van der Waals surface area contributed by atoms with Gasteiger partial charge < -0.3 is 15.0 Å². The highest BCUT2D eigenvalue weighted by molar-refractivity contribution is 5.78. The van der Waals surface area contributed by atoms with Gasteiger partial charge >= 0.3 is 0 Å². The number of nitrogens with one attached hydrogen (secondary N) is 1. The SMILES string of the molecule is O=C(CCn1cnc2ccccc21)NC1CCc2c(O)cccc21. The van der Waals surface area contributed by atoms with Gasteiger partial charge in [-0.05, 0) is 42.2 Å². The molecule has 1 amide bonds. The summed E-state index contributed by atoms with van der Waals surface area (Å²) in [7, 11) is 0. The van der Waals surface area contributed by atoms with Crippen LogP contribution in [-0.4, -0.2) is 20.6 Å². The maximum atomic E-state index is 12.3. The molecule has 1 aliphatic carbocycles. The van der Waals surface area contributed by atoms with Gasteiger partial charge in [-0.15, -0.1) is 0 Å². The molecule has 24 heavy (non-hydrogen) atoms. The Morgan fingerprint density at radius 3 is 3.04 bits per heavy atom. The molecule has 1 heterocycles. The normalized spacial score (nSPS) is 16.2. The summed E-state index contributed by atoms with van der Waals surface area (Å²) in [5, 5.41) is 13.0. The number of nitrogens with zero attached hydrogens (tertiary/aromatic N) is 2. The fraction of sp³-hybridized carbons (Fsp3) is 0.263. The number of rotatable bonds is 4. The minimum atomic E-state index is -0.000804. The minimum absolute atomic E-state index is 0.000804. The minimum Gasteiger partial charge on any atom is -0.508 e. The van der Waals surface area contributed by atoms with Gasteiger partial charge in [-0.2, -0.15) is 0 Å². The molecule has 5 heteroatoms. The van der Waals surface area contributed by atoms with Crippen LogP contribution < -0.4 is 5.32 Å². The van der Waals surface area contributed by atoms with Crippen molar-refractivity contribution in [2.75, 3.05) is 0 Å². The molecule has 1 aliphatic rings. The summed E-state index contributed by atoms with van der Waals surface area (Å²) in [6.45, 7) is 0.603. The Morgan fingerprint density at radius 2 is 2.12 bits per heavy atom. The van der Waals surface area contributed by atoms with Crippen LogP contribution in [0.4, 0.5) is 0 Å². The van der Waals surface area contributed by atoms with Crippen LogP contribution in [0.15, 0.2) is 48.8 Å². The summed E-state index contributed by atoms with van der Waals surface area (Å²) in [6, 6.07) is 13.4. The molecule has 1 atom stereocenters. The number of carbonyl (C=O) groups is 1. The molecule has 0 spiro atoms. The van der Waals surface area contributed by atoms with Gasteiger partial charge in [-0.1, -0.05) is 24.3 Å². The number of fused-ring (bicyclic) bond motifs is 2. The number of amides is 1. The molecule has 3 aromatic rings. The van der Waals surface area contributed by atoms with E-state index in [4.69, 9.17) is 0 Å². The van der Waals surface area contributed by atoms with Crippen molar-refractivity contribution in [1.29, 1.82) is 0 Å². The van der Waals surface area contributed by atoms with Crippen LogP contribution in [0.1, 0.15) is 30.0 Å². The molecule has 5 nitrogen and oxygen atoms in total. The summed E-state index contributed by atoms with van der Waals surface area (Å²) in [5.41, 5.74) is 3.99. The average molecular weight is 321 g/mol. The summed E-state index contributed by atoms with van der Waals surface area (Å²) in [4.78, 5) is 16.7. The van der Waals surface area contributed by atoms with E-state index in [0.29, 0.717) is 18.7 Å². The number of phenolic OH excluding ortho intramolecular Hbond substituents is 1. The van der Waals surface area contributed by atoms with Crippen LogP contribution in [0.2, 0.25) is 0 Å². The first-order chi connectivity index (χ1) is 11.7. The first kappa shape index (κ1) is 14.8. The predicted octanol–water partition coefficient (Wildman–Crippen LogP) is 2.94. The Bertz CT molecular complexity index is 901. The molecule has 0 saturated carbocycles. The molecule has 2 N–H and O–H groups in total. The summed E-state index contributed by atoms with van der Waals surface area (Å²) in [5.74, 6) is 0.350. The second kappa shape index (κ2) is 6.00. The van der Waals surface area contributed by atoms with Crippen LogP contribution in [0, 0.1) is 0 Å². The highest BCUT2D eigenvalue weighted by Crippen LogP contribution is 2.36. The first-order valence-corrected chi connectivity index (χ1v) is 8.22. The zero-order valence-corrected chi connectivity index (χ0v) is 13.3. The number of carbonyl (C=O) groups excluding carboxylic acids is 1. The zero-order valence-electron chi connectivity index (χ0n) is 13.3. The van der Waals surface area contributed by atoms with Crippen molar-refractivity contribution in [1.82, 2.24) is 14.9 Å². The van der Waals surface area contributed by atoms with Crippen LogP contribution in [0.3, 0.4) is 0 Å². The van der Waals surface area contributed by atoms with E-state index in [2.05, 4.69) is 10.3 Å². The van der Waals surface area contributed by atoms with E-state index >= 15 is 0 Å². The molecule has 2 aromatic carbocycles. The topological polar surface area (TPSA) is 67.2 Å². The Kier molecular flexibility index (Phi) is 3.69. The van der Waals surface area contributed by atoms with Crippen LogP contribution >= 0.6 is 0 Å². The lowest BCUT2D eigenvalue weighted by atomic mass is 10.1. The van der Waals surface area contributed by atoms with Crippen molar-refractivity contribution in [3.63, 3.8) is 0 Å².